The topological polar surface area (TPSA) is 42.7 Å². The highest BCUT2D eigenvalue weighted by Crippen LogP contribution is 2.16. The molecule has 0 aliphatic carbocycles. The average molecular weight is 279 g/mol. The van der Waals surface area contributed by atoms with E-state index in [2.05, 4.69) is 29.2 Å². The molecule has 4 nitrogen and oxygen atoms in total. The van der Waals surface area contributed by atoms with Gasteiger partial charge in [-0.05, 0) is 31.0 Å². The van der Waals surface area contributed by atoms with Crippen molar-refractivity contribution in [3.05, 3.63) is 47.0 Å². The fourth-order valence-electron chi connectivity index (χ4n) is 1.94. The molecule has 0 fully saturated rings. The van der Waals surface area contributed by atoms with Crippen LogP contribution in [0.5, 0.6) is 0 Å². The van der Waals surface area contributed by atoms with E-state index >= 15 is 0 Å². The Labute approximate surface area is 118 Å². The van der Waals surface area contributed by atoms with E-state index in [-0.39, 0.29) is 6.04 Å². The molecule has 0 unspecified atom stereocenters. The highest BCUT2D eigenvalue weighted by Gasteiger charge is 2.08. The number of nitrogens with one attached hydrogen (secondary N) is 1. The summed E-state index contributed by atoms with van der Waals surface area (Å²) in [5, 5.41) is 8.43. The Kier molecular flexibility index (Phi) is 4.93. The van der Waals surface area contributed by atoms with Gasteiger partial charge < -0.3 is 5.32 Å². The van der Waals surface area contributed by atoms with E-state index in [4.69, 9.17) is 11.6 Å². The zero-order valence-electron chi connectivity index (χ0n) is 11.3. The molecule has 0 aliphatic rings. The molecule has 0 saturated carbocycles. The SMILES string of the molecule is CCCn1ncnc1CN[C@@H](C)c1ccc(Cl)cc1. The minimum atomic E-state index is 0.254. The molecule has 2 rings (SSSR count). The molecular weight excluding hydrogens is 260 g/mol. The van der Waals surface area contributed by atoms with Crippen molar-refractivity contribution in [1.29, 1.82) is 0 Å². The van der Waals surface area contributed by atoms with Crippen molar-refractivity contribution in [2.45, 2.75) is 39.4 Å². The standard InChI is InChI=1S/C14H19ClN4/c1-3-8-19-14(17-10-18-19)9-16-11(2)12-4-6-13(15)7-5-12/h4-7,10-11,16H,3,8-9H2,1-2H3/t11-/m0/s1. The molecule has 19 heavy (non-hydrogen) atoms. The summed E-state index contributed by atoms with van der Waals surface area (Å²) in [5.41, 5.74) is 1.21. The molecular formula is C14H19ClN4. The van der Waals surface area contributed by atoms with E-state index in [0.29, 0.717) is 6.54 Å². The van der Waals surface area contributed by atoms with Crippen LogP contribution in [0.3, 0.4) is 0 Å². The van der Waals surface area contributed by atoms with Gasteiger partial charge in [-0.15, -0.1) is 0 Å². The third-order valence-electron chi connectivity index (χ3n) is 3.07. The maximum atomic E-state index is 5.89. The van der Waals surface area contributed by atoms with Gasteiger partial charge in [0.25, 0.3) is 0 Å². The van der Waals surface area contributed by atoms with Crippen molar-refractivity contribution in [2.24, 2.45) is 0 Å². The molecule has 102 valence electrons. The van der Waals surface area contributed by atoms with Crippen molar-refractivity contribution in [3.63, 3.8) is 0 Å². The third kappa shape index (κ3) is 3.78. The number of aromatic nitrogens is 3. The lowest BCUT2D eigenvalue weighted by molar-refractivity contribution is 0.509. The molecule has 0 radical (unpaired) electrons. The molecule has 5 heteroatoms. The van der Waals surface area contributed by atoms with Crippen molar-refractivity contribution in [2.75, 3.05) is 0 Å². The lowest BCUT2D eigenvalue weighted by Crippen LogP contribution is -2.21. The van der Waals surface area contributed by atoms with Crippen LogP contribution in [0.4, 0.5) is 0 Å². The Balaban J connectivity index is 1.94. The summed E-state index contributed by atoms with van der Waals surface area (Å²) >= 11 is 5.89. The number of hydrogen-bond donors (Lipinski definition) is 1. The van der Waals surface area contributed by atoms with Crippen LogP contribution < -0.4 is 5.32 Å². The summed E-state index contributed by atoms with van der Waals surface area (Å²) in [4.78, 5) is 4.28. The Hall–Kier alpha value is -1.39. The Bertz CT molecular complexity index is 506. The Morgan fingerprint density at radius 2 is 2.05 bits per heavy atom. The van der Waals surface area contributed by atoms with Crippen LogP contribution in [-0.4, -0.2) is 14.8 Å². The Morgan fingerprint density at radius 1 is 1.32 bits per heavy atom. The lowest BCUT2D eigenvalue weighted by Gasteiger charge is -2.14. The van der Waals surface area contributed by atoms with Crippen molar-refractivity contribution in [1.82, 2.24) is 20.1 Å². The second-order valence-electron chi connectivity index (χ2n) is 4.55. The fraction of sp³-hybridized carbons (Fsp3) is 0.429. The fourth-order valence-corrected chi connectivity index (χ4v) is 2.06. The van der Waals surface area contributed by atoms with Crippen LogP contribution in [0.15, 0.2) is 30.6 Å². The van der Waals surface area contributed by atoms with Crippen LogP contribution >= 0.6 is 11.6 Å². The molecule has 0 amide bonds. The monoisotopic (exact) mass is 278 g/mol. The van der Waals surface area contributed by atoms with Crippen LogP contribution in [-0.2, 0) is 13.1 Å². The molecule has 0 spiro atoms. The highest BCUT2D eigenvalue weighted by atomic mass is 35.5. The smallest absolute Gasteiger partial charge is 0.140 e. The molecule has 1 N–H and O–H groups in total. The second-order valence-corrected chi connectivity index (χ2v) is 4.99. The largest absolute Gasteiger partial charge is 0.303 e. The van der Waals surface area contributed by atoms with E-state index < -0.39 is 0 Å². The normalized spacial score (nSPS) is 12.6. The molecule has 1 heterocycles. The number of aryl methyl sites for hydroxylation is 1. The number of rotatable bonds is 6. The maximum Gasteiger partial charge on any atom is 0.140 e. The van der Waals surface area contributed by atoms with Gasteiger partial charge in [0, 0.05) is 17.6 Å². The third-order valence-corrected chi connectivity index (χ3v) is 3.32. The van der Waals surface area contributed by atoms with Gasteiger partial charge in [0.1, 0.15) is 12.2 Å². The van der Waals surface area contributed by atoms with Crippen LogP contribution in [0.2, 0.25) is 5.02 Å². The minimum absolute atomic E-state index is 0.254. The number of hydrogen-bond acceptors (Lipinski definition) is 3. The molecule has 1 aromatic carbocycles. The highest BCUT2D eigenvalue weighted by molar-refractivity contribution is 6.30. The van der Waals surface area contributed by atoms with E-state index in [1.807, 2.05) is 28.9 Å². The summed E-state index contributed by atoms with van der Waals surface area (Å²) in [5.74, 6) is 0.975. The van der Waals surface area contributed by atoms with E-state index in [0.717, 1.165) is 23.8 Å². The molecule has 0 saturated heterocycles. The molecule has 2 aromatic rings. The first-order chi connectivity index (χ1) is 9.20. The zero-order valence-corrected chi connectivity index (χ0v) is 12.1. The number of nitrogens with zero attached hydrogens (tertiary/aromatic N) is 3. The molecule has 0 bridgehead atoms. The summed E-state index contributed by atoms with van der Waals surface area (Å²) in [6, 6.07) is 8.15. The van der Waals surface area contributed by atoms with Gasteiger partial charge in [-0.25, -0.2) is 9.67 Å². The van der Waals surface area contributed by atoms with Crippen LogP contribution in [0.1, 0.15) is 37.7 Å². The predicted octanol–water partition coefficient (Wildman–Crippen LogP) is 3.19. The number of halogens is 1. The second kappa shape index (κ2) is 6.68. The van der Waals surface area contributed by atoms with Crippen molar-refractivity contribution < 1.29 is 0 Å². The van der Waals surface area contributed by atoms with Gasteiger partial charge in [-0.1, -0.05) is 30.7 Å². The van der Waals surface area contributed by atoms with Gasteiger partial charge in [0.2, 0.25) is 0 Å². The predicted molar refractivity (Wildman–Crippen MR) is 77.0 cm³/mol. The lowest BCUT2D eigenvalue weighted by atomic mass is 10.1. The molecule has 1 aromatic heterocycles. The quantitative estimate of drug-likeness (QED) is 0.882. The van der Waals surface area contributed by atoms with Gasteiger partial charge in [-0.3, -0.25) is 0 Å². The summed E-state index contributed by atoms with van der Waals surface area (Å²) in [7, 11) is 0. The van der Waals surface area contributed by atoms with E-state index in [9.17, 15) is 0 Å². The van der Waals surface area contributed by atoms with Gasteiger partial charge >= 0.3 is 0 Å². The van der Waals surface area contributed by atoms with E-state index in [1.165, 1.54) is 5.56 Å². The van der Waals surface area contributed by atoms with E-state index in [1.54, 1.807) is 6.33 Å². The first kappa shape index (κ1) is 14.0. The van der Waals surface area contributed by atoms with Crippen LogP contribution in [0, 0.1) is 0 Å². The zero-order chi connectivity index (χ0) is 13.7. The maximum absolute atomic E-state index is 5.89. The Morgan fingerprint density at radius 3 is 2.74 bits per heavy atom. The molecule has 0 aliphatic heterocycles. The van der Waals surface area contributed by atoms with Crippen LogP contribution in [0.25, 0.3) is 0 Å². The van der Waals surface area contributed by atoms with Crippen molar-refractivity contribution in [3.8, 4) is 0 Å². The molecule has 1 atom stereocenters. The summed E-state index contributed by atoms with van der Waals surface area (Å²) < 4.78 is 1.95. The van der Waals surface area contributed by atoms with Gasteiger partial charge in [-0.2, -0.15) is 5.10 Å². The minimum Gasteiger partial charge on any atom is -0.303 e. The van der Waals surface area contributed by atoms with Gasteiger partial charge in [0.15, 0.2) is 0 Å². The first-order valence-corrected chi connectivity index (χ1v) is 6.94. The summed E-state index contributed by atoms with van der Waals surface area (Å²) in [6.45, 7) is 5.88. The van der Waals surface area contributed by atoms with Crippen molar-refractivity contribution >= 4 is 11.6 Å². The first-order valence-electron chi connectivity index (χ1n) is 6.56. The number of benzene rings is 1. The average Bonchev–Trinajstić information content (AvgIpc) is 2.85. The summed E-state index contributed by atoms with van der Waals surface area (Å²) in [6.07, 6.45) is 2.67. The van der Waals surface area contributed by atoms with Gasteiger partial charge in [0.05, 0.1) is 6.54 Å².